The maximum Gasteiger partial charge on any atom is 0.293 e. The van der Waals surface area contributed by atoms with Crippen LogP contribution in [0.5, 0.6) is 0 Å². The molecule has 1 heterocycles. The molecule has 0 aliphatic carbocycles. The van der Waals surface area contributed by atoms with Crippen molar-refractivity contribution in [1.29, 1.82) is 0 Å². The molecular formula is C12H12IN3O2S. The minimum absolute atomic E-state index is 0.0579. The van der Waals surface area contributed by atoms with Crippen molar-refractivity contribution >= 4 is 45.3 Å². The lowest BCUT2D eigenvalue weighted by molar-refractivity contribution is -0.384. The topological polar surface area (TPSA) is 68.1 Å². The number of hydrogen-bond donors (Lipinski definition) is 1. The van der Waals surface area contributed by atoms with Crippen LogP contribution in [0.25, 0.3) is 0 Å². The molecule has 1 aromatic carbocycles. The van der Waals surface area contributed by atoms with Gasteiger partial charge in [0.2, 0.25) is 0 Å². The molecular weight excluding hydrogens is 377 g/mol. The van der Waals surface area contributed by atoms with Crippen LogP contribution in [0.15, 0.2) is 23.6 Å². The second-order valence-electron chi connectivity index (χ2n) is 4.11. The van der Waals surface area contributed by atoms with Crippen LogP contribution >= 0.6 is 33.9 Å². The summed E-state index contributed by atoms with van der Waals surface area (Å²) in [5, 5.41) is 17.1. The van der Waals surface area contributed by atoms with Crippen LogP contribution in [-0.2, 0) is 0 Å². The van der Waals surface area contributed by atoms with E-state index in [1.807, 2.05) is 25.3 Å². The van der Waals surface area contributed by atoms with Crippen molar-refractivity contribution in [3.63, 3.8) is 0 Å². The van der Waals surface area contributed by atoms with Crippen LogP contribution in [0.4, 0.5) is 11.4 Å². The largest absolute Gasteiger partial charge is 0.371 e. The number of nitro groups is 1. The Labute approximate surface area is 128 Å². The van der Waals surface area contributed by atoms with Crippen LogP contribution in [0.3, 0.4) is 0 Å². The van der Waals surface area contributed by atoms with E-state index in [-0.39, 0.29) is 16.7 Å². The smallest absolute Gasteiger partial charge is 0.293 e. The Hall–Kier alpha value is -1.22. The summed E-state index contributed by atoms with van der Waals surface area (Å²) in [4.78, 5) is 15.1. The van der Waals surface area contributed by atoms with Gasteiger partial charge < -0.3 is 5.32 Å². The Kier molecular flexibility index (Phi) is 4.35. The van der Waals surface area contributed by atoms with Crippen molar-refractivity contribution in [2.45, 2.75) is 19.9 Å². The number of halogens is 1. The van der Waals surface area contributed by atoms with Gasteiger partial charge in [-0.25, -0.2) is 4.98 Å². The number of nitrogens with one attached hydrogen (secondary N) is 1. The van der Waals surface area contributed by atoms with E-state index in [1.54, 1.807) is 23.5 Å². The van der Waals surface area contributed by atoms with Crippen LogP contribution in [0.2, 0.25) is 0 Å². The monoisotopic (exact) mass is 389 g/mol. The summed E-state index contributed by atoms with van der Waals surface area (Å²) in [6, 6.07) is 5.08. The highest BCUT2D eigenvalue weighted by Crippen LogP contribution is 2.30. The summed E-state index contributed by atoms with van der Waals surface area (Å²) in [6.45, 7) is 3.88. The number of thiazole rings is 1. The van der Waals surface area contributed by atoms with E-state index in [1.165, 1.54) is 0 Å². The van der Waals surface area contributed by atoms with Gasteiger partial charge in [-0.15, -0.1) is 11.3 Å². The van der Waals surface area contributed by atoms with Gasteiger partial charge in [0.1, 0.15) is 10.7 Å². The molecule has 0 aliphatic rings. The molecule has 1 atom stereocenters. The van der Waals surface area contributed by atoms with E-state index < -0.39 is 0 Å². The van der Waals surface area contributed by atoms with Gasteiger partial charge in [-0.3, -0.25) is 10.1 Å². The summed E-state index contributed by atoms with van der Waals surface area (Å²) >= 11 is 3.61. The molecule has 2 rings (SSSR count). The summed E-state index contributed by atoms with van der Waals surface area (Å²) in [7, 11) is 0. The van der Waals surface area contributed by atoms with Gasteiger partial charge in [-0.05, 0) is 48.6 Å². The van der Waals surface area contributed by atoms with Gasteiger partial charge in [0.15, 0.2) is 0 Å². The summed E-state index contributed by atoms with van der Waals surface area (Å²) < 4.78 is 0.840. The molecule has 1 N–H and O–H groups in total. The minimum atomic E-state index is -0.371. The summed E-state index contributed by atoms with van der Waals surface area (Å²) in [5.41, 5.74) is 1.57. The zero-order valence-electron chi connectivity index (χ0n) is 10.4. The van der Waals surface area contributed by atoms with Crippen molar-refractivity contribution in [2.75, 3.05) is 5.32 Å². The van der Waals surface area contributed by atoms with Crippen molar-refractivity contribution in [3.05, 3.63) is 48.0 Å². The number of nitro benzene ring substituents is 1. The quantitative estimate of drug-likeness (QED) is 0.485. The SMILES string of the molecule is Cc1csc(C(C)Nc2ccc(I)cc2[N+](=O)[O-])n1. The lowest BCUT2D eigenvalue weighted by Gasteiger charge is -2.13. The molecule has 1 unspecified atom stereocenters. The van der Waals surface area contributed by atoms with Crippen LogP contribution in [0, 0.1) is 20.6 Å². The molecule has 0 fully saturated rings. The number of aryl methyl sites for hydroxylation is 1. The first-order valence-corrected chi connectivity index (χ1v) is 7.55. The van der Waals surface area contributed by atoms with Crippen LogP contribution in [0.1, 0.15) is 23.7 Å². The molecule has 0 saturated carbocycles. The fourth-order valence-corrected chi connectivity index (χ4v) is 2.92. The van der Waals surface area contributed by atoms with Gasteiger partial charge in [0.05, 0.1) is 11.0 Å². The molecule has 0 aliphatic heterocycles. The molecule has 19 heavy (non-hydrogen) atoms. The molecule has 0 bridgehead atoms. The highest BCUT2D eigenvalue weighted by Gasteiger charge is 2.17. The van der Waals surface area contributed by atoms with Crippen molar-refractivity contribution in [3.8, 4) is 0 Å². The standard InChI is InChI=1S/C12H12IN3O2S/c1-7-6-19-12(14-7)8(2)15-10-4-3-9(13)5-11(10)16(17)18/h3-6,8,15H,1-2H3. The third kappa shape index (κ3) is 3.41. The average Bonchev–Trinajstić information content (AvgIpc) is 2.78. The summed E-state index contributed by atoms with van der Waals surface area (Å²) in [5.74, 6) is 0. The Morgan fingerprint density at radius 1 is 1.53 bits per heavy atom. The zero-order chi connectivity index (χ0) is 14.0. The van der Waals surface area contributed by atoms with Gasteiger partial charge >= 0.3 is 0 Å². The molecule has 1 aromatic heterocycles. The normalized spacial score (nSPS) is 12.2. The molecule has 0 saturated heterocycles. The van der Waals surface area contributed by atoms with E-state index >= 15 is 0 Å². The van der Waals surface area contributed by atoms with E-state index in [0.29, 0.717) is 5.69 Å². The first-order chi connectivity index (χ1) is 8.97. The number of aromatic nitrogens is 1. The maximum atomic E-state index is 11.0. The first kappa shape index (κ1) is 14.2. The molecule has 7 heteroatoms. The maximum absolute atomic E-state index is 11.0. The van der Waals surface area contributed by atoms with Crippen LogP contribution in [-0.4, -0.2) is 9.91 Å². The number of benzene rings is 1. The molecule has 2 aromatic rings. The lowest BCUT2D eigenvalue weighted by atomic mass is 10.2. The van der Waals surface area contributed by atoms with E-state index in [4.69, 9.17) is 0 Å². The Balaban J connectivity index is 2.26. The predicted octanol–water partition coefficient (Wildman–Crippen LogP) is 4.14. The molecule has 0 radical (unpaired) electrons. The van der Waals surface area contributed by atoms with Crippen molar-refractivity contribution in [1.82, 2.24) is 4.98 Å². The van der Waals surface area contributed by atoms with Gasteiger partial charge in [0, 0.05) is 20.7 Å². The first-order valence-electron chi connectivity index (χ1n) is 5.60. The minimum Gasteiger partial charge on any atom is -0.371 e. The second-order valence-corrected chi connectivity index (χ2v) is 6.25. The Morgan fingerprint density at radius 2 is 2.26 bits per heavy atom. The van der Waals surface area contributed by atoms with E-state index in [2.05, 4.69) is 32.9 Å². The number of nitrogens with zero attached hydrogens (tertiary/aromatic N) is 2. The second kappa shape index (κ2) is 5.83. The number of hydrogen-bond acceptors (Lipinski definition) is 5. The van der Waals surface area contributed by atoms with Crippen LogP contribution < -0.4 is 5.32 Å². The Morgan fingerprint density at radius 3 is 2.84 bits per heavy atom. The molecule has 0 amide bonds. The molecule has 100 valence electrons. The number of anilines is 1. The van der Waals surface area contributed by atoms with Gasteiger partial charge in [0.25, 0.3) is 5.69 Å². The molecule has 0 spiro atoms. The van der Waals surface area contributed by atoms with Crippen molar-refractivity contribution < 1.29 is 4.92 Å². The van der Waals surface area contributed by atoms with Gasteiger partial charge in [-0.1, -0.05) is 0 Å². The third-order valence-electron chi connectivity index (χ3n) is 2.54. The highest BCUT2D eigenvalue weighted by atomic mass is 127. The predicted molar refractivity (Wildman–Crippen MR) is 84.7 cm³/mol. The fourth-order valence-electron chi connectivity index (χ4n) is 1.64. The number of rotatable bonds is 4. The lowest BCUT2D eigenvalue weighted by Crippen LogP contribution is -2.08. The summed E-state index contributed by atoms with van der Waals surface area (Å²) in [6.07, 6.45) is 0. The Bertz CT molecular complexity index is 615. The van der Waals surface area contributed by atoms with E-state index in [9.17, 15) is 10.1 Å². The fraction of sp³-hybridized carbons (Fsp3) is 0.250. The average molecular weight is 389 g/mol. The molecule has 5 nitrogen and oxygen atoms in total. The highest BCUT2D eigenvalue weighted by molar-refractivity contribution is 14.1. The third-order valence-corrected chi connectivity index (χ3v) is 4.35. The zero-order valence-corrected chi connectivity index (χ0v) is 13.4. The van der Waals surface area contributed by atoms with E-state index in [0.717, 1.165) is 14.3 Å². The van der Waals surface area contributed by atoms with Gasteiger partial charge in [-0.2, -0.15) is 0 Å². The van der Waals surface area contributed by atoms with Crippen molar-refractivity contribution in [2.24, 2.45) is 0 Å².